The number of benzene rings is 1. The zero-order valence-electron chi connectivity index (χ0n) is 11.0. The van der Waals surface area contributed by atoms with Crippen molar-refractivity contribution in [2.45, 2.75) is 24.6 Å². The lowest BCUT2D eigenvalue weighted by Gasteiger charge is -2.33. The predicted molar refractivity (Wildman–Crippen MR) is 78.2 cm³/mol. The monoisotopic (exact) mass is 320 g/mol. The van der Waals surface area contributed by atoms with Crippen LogP contribution in [0.4, 0.5) is 0 Å². The molecule has 1 fully saturated rings. The lowest BCUT2D eigenvalue weighted by Crippen LogP contribution is -2.39. The average molecular weight is 321 g/mol. The third kappa shape index (κ3) is 3.36. The summed E-state index contributed by atoms with van der Waals surface area (Å²) in [6, 6.07) is 9.00. The summed E-state index contributed by atoms with van der Waals surface area (Å²) in [5, 5.41) is 8.87. The Morgan fingerprint density at radius 2 is 2.16 bits per heavy atom. The maximum absolute atomic E-state index is 12.3. The van der Waals surface area contributed by atoms with Gasteiger partial charge in [-0.15, -0.1) is 0 Å². The van der Waals surface area contributed by atoms with E-state index in [0.29, 0.717) is 21.9 Å². The van der Waals surface area contributed by atoms with Gasteiger partial charge >= 0.3 is 0 Å². The second-order valence-electron chi connectivity index (χ2n) is 5.00. The standard InChI is InChI=1S/C15H17BrN2O/c1-11(16)13-5-7-18(8-6-13)15(19)14-4-2-3-12(9-14)10-17/h2-4,9,11,13H,5-8H2,1H3. The van der Waals surface area contributed by atoms with Crippen molar-refractivity contribution in [1.29, 1.82) is 5.26 Å². The van der Waals surface area contributed by atoms with Crippen molar-refractivity contribution in [2.24, 2.45) is 5.92 Å². The summed E-state index contributed by atoms with van der Waals surface area (Å²) in [5.74, 6) is 0.687. The van der Waals surface area contributed by atoms with Crippen LogP contribution in [0, 0.1) is 17.2 Å². The van der Waals surface area contributed by atoms with Crippen LogP contribution < -0.4 is 0 Å². The largest absolute Gasteiger partial charge is 0.339 e. The highest BCUT2D eigenvalue weighted by Crippen LogP contribution is 2.25. The smallest absolute Gasteiger partial charge is 0.253 e. The summed E-state index contributed by atoms with van der Waals surface area (Å²) < 4.78 is 0. The minimum atomic E-state index is 0.0396. The van der Waals surface area contributed by atoms with Crippen molar-refractivity contribution in [3.05, 3.63) is 35.4 Å². The third-order valence-electron chi connectivity index (χ3n) is 3.72. The number of carbonyl (C=O) groups is 1. The number of rotatable bonds is 2. The first kappa shape index (κ1) is 14.1. The Morgan fingerprint density at radius 3 is 2.74 bits per heavy atom. The third-order valence-corrected chi connectivity index (χ3v) is 4.46. The second kappa shape index (κ2) is 6.21. The molecule has 1 aliphatic heterocycles. The number of likely N-dealkylation sites (tertiary alicyclic amines) is 1. The molecule has 1 aromatic carbocycles. The van der Waals surface area contributed by atoms with E-state index in [-0.39, 0.29) is 5.91 Å². The normalized spacial score (nSPS) is 17.8. The van der Waals surface area contributed by atoms with E-state index in [1.807, 2.05) is 4.90 Å². The Morgan fingerprint density at radius 1 is 1.47 bits per heavy atom. The molecule has 0 aromatic heterocycles. The molecule has 4 heteroatoms. The van der Waals surface area contributed by atoms with Crippen LogP contribution >= 0.6 is 15.9 Å². The van der Waals surface area contributed by atoms with Gasteiger partial charge in [0.1, 0.15) is 0 Å². The number of carbonyl (C=O) groups excluding carboxylic acids is 1. The number of halogens is 1. The number of piperidine rings is 1. The summed E-state index contributed by atoms with van der Waals surface area (Å²) in [6.45, 7) is 3.77. The topological polar surface area (TPSA) is 44.1 Å². The number of hydrogen-bond donors (Lipinski definition) is 0. The molecule has 1 aliphatic rings. The summed E-state index contributed by atoms with van der Waals surface area (Å²) in [7, 11) is 0. The molecule has 1 atom stereocenters. The van der Waals surface area contributed by atoms with Gasteiger partial charge in [0.15, 0.2) is 0 Å². The minimum absolute atomic E-state index is 0.0396. The van der Waals surface area contributed by atoms with Crippen molar-refractivity contribution < 1.29 is 4.79 Å². The van der Waals surface area contributed by atoms with Crippen LogP contribution in [0.1, 0.15) is 35.7 Å². The maximum atomic E-state index is 12.3. The van der Waals surface area contributed by atoms with Crippen molar-refractivity contribution in [1.82, 2.24) is 4.90 Å². The SMILES string of the molecule is CC(Br)C1CCN(C(=O)c2cccc(C#N)c2)CC1. The van der Waals surface area contributed by atoms with E-state index < -0.39 is 0 Å². The summed E-state index contributed by atoms with van der Waals surface area (Å²) in [4.78, 5) is 14.7. The molecule has 0 bridgehead atoms. The van der Waals surface area contributed by atoms with Gasteiger partial charge in [0.05, 0.1) is 11.6 Å². The number of hydrogen-bond acceptors (Lipinski definition) is 2. The fourth-order valence-corrected chi connectivity index (χ4v) is 2.99. The fourth-order valence-electron chi connectivity index (χ4n) is 2.47. The lowest BCUT2D eigenvalue weighted by molar-refractivity contribution is 0.0691. The van der Waals surface area contributed by atoms with Gasteiger partial charge in [-0.25, -0.2) is 0 Å². The van der Waals surface area contributed by atoms with E-state index >= 15 is 0 Å². The highest BCUT2D eigenvalue weighted by molar-refractivity contribution is 9.09. The first-order valence-electron chi connectivity index (χ1n) is 6.55. The predicted octanol–water partition coefficient (Wildman–Crippen LogP) is 3.19. The van der Waals surface area contributed by atoms with E-state index in [9.17, 15) is 4.79 Å². The number of alkyl halides is 1. The van der Waals surface area contributed by atoms with E-state index in [0.717, 1.165) is 25.9 Å². The second-order valence-corrected chi connectivity index (χ2v) is 6.44. The van der Waals surface area contributed by atoms with Gasteiger partial charge in [0.2, 0.25) is 0 Å². The fraction of sp³-hybridized carbons (Fsp3) is 0.467. The van der Waals surface area contributed by atoms with Gasteiger partial charge in [0, 0.05) is 23.5 Å². The van der Waals surface area contributed by atoms with Gasteiger partial charge in [-0.3, -0.25) is 4.79 Å². The lowest BCUT2D eigenvalue weighted by atomic mass is 9.94. The van der Waals surface area contributed by atoms with Crippen LogP contribution in [0.25, 0.3) is 0 Å². The van der Waals surface area contributed by atoms with Gasteiger partial charge in [0.25, 0.3) is 5.91 Å². The quantitative estimate of drug-likeness (QED) is 0.785. The van der Waals surface area contributed by atoms with Gasteiger partial charge in [-0.2, -0.15) is 5.26 Å². The highest BCUT2D eigenvalue weighted by atomic mass is 79.9. The van der Waals surface area contributed by atoms with Crippen LogP contribution in [0.15, 0.2) is 24.3 Å². The molecule has 1 heterocycles. The van der Waals surface area contributed by atoms with Crippen LogP contribution in [-0.4, -0.2) is 28.7 Å². The minimum Gasteiger partial charge on any atom is -0.339 e. The first-order valence-corrected chi connectivity index (χ1v) is 7.47. The van der Waals surface area contributed by atoms with Gasteiger partial charge < -0.3 is 4.90 Å². The Hall–Kier alpha value is -1.34. The van der Waals surface area contributed by atoms with Crippen LogP contribution in [0.3, 0.4) is 0 Å². The van der Waals surface area contributed by atoms with E-state index in [2.05, 4.69) is 28.9 Å². The molecule has 0 spiro atoms. The number of nitriles is 1. The van der Waals surface area contributed by atoms with Crippen LogP contribution in [0.2, 0.25) is 0 Å². The first-order chi connectivity index (χ1) is 9.11. The molecule has 2 rings (SSSR count). The van der Waals surface area contributed by atoms with E-state index in [1.54, 1.807) is 24.3 Å². The average Bonchev–Trinajstić information content (AvgIpc) is 2.46. The summed E-state index contributed by atoms with van der Waals surface area (Å²) >= 11 is 3.62. The molecule has 0 aliphatic carbocycles. The molecule has 1 aromatic rings. The van der Waals surface area contributed by atoms with Crippen molar-refractivity contribution in [2.75, 3.05) is 13.1 Å². The molecular weight excluding hydrogens is 304 g/mol. The van der Waals surface area contributed by atoms with Crippen molar-refractivity contribution >= 4 is 21.8 Å². The number of amides is 1. The molecular formula is C15H17BrN2O. The molecule has 0 radical (unpaired) electrons. The zero-order chi connectivity index (χ0) is 13.8. The molecule has 1 unspecified atom stereocenters. The van der Waals surface area contributed by atoms with Crippen LogP contribution in [0.5, 0.6) is 0 Å². The van der Waals surface area contributed by atoms with Gasteiger partial charge in [-0.05, 0) is 37.0 Å². The summed E-state index contributed by atoms with van der Waals surface area (Å²) in [6.07, 6.45) is 2.08. The summed E-state index contributed by atoms with van der Waals surface area (Å²) in [5.41, 5.74) is 1.15. The molecule has 0 N–H and O–H groups in total. The van der Waals surface area contributed by atoms with E-state index in [1.165, 1.54) is 0 Å². The van der Waals surface area contributed by atoms with Crippen molar-refractivity contribution in [3.63, 3.8) is 0 Å². The molecule has 1 saturated heterocycles. The molecule has 3 nitrogen and oxygen atoms in total. The molecule has 19 heavy (non-hydrogen) atoms. The van der Waals surface area contributed by atoms with Gasteiger partial charge in [-0.1, -0.05) is 28.9 Å². The Labute approximate surface area is 122 Å². The Kier molecular flexibility index (Phi) is 4.60. The molecule has 100 valence electrons. The maximum Gasteiger partial charge on any atom is 0.253 e. The Balaban J connectivity index is 2.03. The zero-order valence-corrected chi connectivity index (χ0v) is 12.6. The van der Waals surface area contributed by atoms with Crippen LogP contribution in [-0.2, 0) is 0 Å². The Bertz CT molecular complexity index is 499. The molecule has 0 saturated carbocycles. The van der Waals surface area contributed by atoms with E-state index in [4.69, 9.17) is 5.26 Å². The number of nitrogens with zero attached hydrogens (tertiary/aromatic N) is 2. The highest BCUT2D eigenvalue weighted by Gasteiger charge is 2.25. The van der Waals surface area contributed by atoms with Crippen molar-refractivity contribution in [3.8, 4) is 6.07 Å². The molecule has 1 amide bonds.